The summed E-state index contributed by atoms with van der Waals surface area (Å²) in [5, 5.41) is 8.49. The molecule has 0 fully saturated rings. The van der Waals surface area contributed by atoms with Crippen LogP contribution in [0.5, 0.6) is 11.8 Å². The molecule has 1 aromatic carbocycles. The molecule has 7 nitrogen and oxygen atoms in total. The Morgan fingerprint density at radius 2 is 1.77 bits per heavy atom. The minimum absolute atomic E-state index is 0.250. The van der Waals surface area contributed by atoms with E-state index in [2.05, 4.69) is 20.2 Å². The van der Waals surface area contributed by atoms with E-state index in [1.165, 1.54) is 20.5 Å². The van der Waals surface area contributed by atoms with Crippen molar-refractivity contribution in [2.45, 2.75) is 6.92 Å². The number of hydrogen-bond donors (Lipinski definition) is 0. The molecule has 0 aliphatic heterocycles. The molecule has 0 N–H and O–H groups in total. The fourth-order valence-electron chi connectivity index (χ4n) is 2.09. The zero-order valence-electron chi connectivity index (χ0n) is 12.0. The molecule has 0 amide bonds. The number of aryl methyl sites for hydroxylation is 1. The zero-order chi connectivity index (χ0) is 15.9. The van der Waals surface area contributed by atoms with E-state index in [9.17, 15) is 0 Å². The van der Waals surface area contributed by atoms with Crippen molar-refractivity contribution in [3.8, 4) is 17.4 Å². The Morgan fingerprint density at radius 1 is 1.09 bits per heavy atom. The summed E-state index contributed by atoms with van der Waals surface area (Å²) in [5.41, 5.74) is 1.57. The largest absolute Gasteiger partial charge is 0.477 e. The second kappa shape index (κ2) is 5.58. The minimum Gasteiger partial charge on any atom is -0.477 e. The third kappa shape index (κ3) is 2.22. The highest BCUT2D eigenvalue weighted by atomic mass is 35.5. The first-order valence-electron chi connectivity index (χ1n) is 6.21. The van der Waals surface area contributed by atoms with Crippen molar-refractivity contribution < 1.29 is 9.47 Å². The molecule has 0 bridgehead atoms. The number of aromatic nitrogens is 5. The van der Waals surface area contributed by atoms with E-state index in [4.69, 9.17) is 32.7 Å². The van der Waals surface area contributed by atoms with Crippen molar-refractivity contribution in [2.24, 2.45) is 0 Å². The Kier molecular flexibility index (Phi) is 3.76. The molecular formula is C13H11Cl2N5O2. The van der Waals surface area contributed by atoms with Crippen molar-refractivity contribution in [3.63, 3.8) is 0 Å². The number of nitrogens with zero attached hydrogens (tertiary/aromatic N) is 5. The van der Waals surface area contributed by atoms with Gasteiger partial charge in [-0.3, -0.25) is 4.57 Å². The lowest BCUT2D eigenvalue weighted by Crippen LogP contribution is -2.03. The van der Waals surface area contributed by atoms with Crippen LogP contribution in [0.2, 0.25) is 10.0 Å². The third-order valence-electron chi connectivity index (χ3n) is 3.11. The van der Waals surface area contributed by atoms with Crippen molar-refractivity contribution >= 4 is 34.2 Å². The lowest BCUT2D eigenvalue weighted by Gasteiger charge is -2.13. The topological polar surface area (TPSA) is 75.0 Å². The van der Waals surface area contributed by atoms with Gasteiger partial charge in [0, 0.05) is 0 Å². The van der Waals surface area contributed by atoms with Gasteiger partial charge in [-0.1, -0.05) is 23.2 Å². The van der Waals surface area contributed by atoms with Gasteiger partial charge in [-0.2, -0.15) is 0 Å². The quantitative estimate of drug-likeness (QED) is 0.730. The average molecular weight is 340 g/mol. The third-order valence-corrected chi connectivity index (χ3v) is 3.89. The van der Waals surface area contributed by atoms with E-state index >= 15 is 0 Å². The summed E-state index contributed by atoms with van der Waals surface area (Å²) in [6.07, 6.45) is 1.53. The van der Waals surface area contributed by atoms with Gasteiger partial charge in [0.2, 0.25) is 0 Å². The highest BCUT2D eigenvalue weighted by Gasteiger charge is 2.19. The number of methoxy groups -OCH3 is 2. The summed E-state index contributed by atoms with van der Waals surface area (Å²) in [6, 6.07) is 1.62. The SMILES string of the molecule is COc1nc2cc(Cl)c(Cl)c(-n3cnnc3C)c2nc1OC. The number of halogens is 2. The molecule has 2 aromatic heterocycles. The van der Waals surface area contributed by atoms with Gasteiger partial charge in [0.25, 0.3) is 11.8 Å². The van der Waals surface area contributed by atoms with Gasteiger partial charge in [0.05, 0.1) is 35.5 Å². The van der Waals surface area contributed by atoms with Crippen LogP contribution in [0.25, 0.3) is 16.7 Å². The fourth-order valence-corrected chi connectivity index (χ4v) is 2.52. The molecule has 0 atom stereocenters. The molecule has 3 rings (SSSR count). The molecule has 0 unspecified atom stereocenters. The summed E-state index contributed by atoms with van der Waals surface area (Å²) in [6.45, 7) is 1.80. The first kappa shape index (κ1) is 14.8. The number of benzene rings is 1. The standard InChI is InChI=1S/C13H11Cl2N5O2/c1-6-19-16-5-20(6)11-9(15)7(14)4-8-10(11)18-13(22-3)12(17-8)21-2/h4-5H,1-3H3. The maximum Gasteiger partial charge on any atom is 0.278 e. The van der Waals surface area contributed by atoms with Crippen molar-refractivity contribution in [3.05, 3.63) is 28.3 Å². The van der Waals surface area contributed by atoms with E-state index in [1.54, 1.807) is 17.6 Å². The Hall–Kier alpha value is -2.12. The molecule has 0 spiro atoms. The minimum atomic E-state index is 0.250. The van der Waals surface area contributed by atoms with Crippen LogP contribution >= 0.6 is 23.2 Å². The molecular weight excluding hydrogens is 329 g/mol. The van der Waals surface area contributed by atoms with Crippen molar-refractivity contribution in [1.82, 2.24) is 24.7 Å². The van der Waals surface area contributed by atoms with E-state index < -0.39 is 0 Å². The highest BCUT2D eigenvalue weighted by molar-refractivity contribution is 6.44. The first-order chi connectivity index (χ1) is 10.6. The number of ether oxygens (including phenoxy) is 2. The van der Waals surface area contributed by atoms with E-state index in [1.807, 2.05) is 0 Å². The normalized spacial score (nSPS) is 11.0. The zero-order valence-corrected chi connectivity index (χ0v) is 13.5. The van der Waals surface area contributed by atoms with Crippen LogP contribution in [0.15, 0.2) is 12.4 Å². The van der Waals surface area contributed by atoms with Crippen LogP contribution < -0.4 is 9.47 Å². The van der Waals surface area contributed by atoms with Crippen LogP contribution in [0, 0.1) is 6.92 Å². The molecule has 9 heteroatoms. The maximum absolute atomic E-state index is 6.36. The molecule has 3 aromatic rings. The van der Waals surface area contributed by atoms with E-state index in [0.29, 0.717) is 32.6 Å². The summed E-state index contributed by atoms with van der Waals surface area (Å²) in [5.74, 6) is 1.15. The van der Waals surface area contributed by atoms with Gasteiger partial charge in [-0.05, 0) is 13.0 Å². The van der Waals surface area contributed by atoms with Gasteiger partial charge < -0.3 is 9.47 Å². The molecule has 0 aliphatic rings. The van der Waals surface area contributed by atoms with Crippen LogP contribution in [0.1, 0.15) is 5.82 Å². The van der Waals surface area contributed by atoms with Crippen LogP contribution in [-0.4, -0.2) is 39.0 Å². The summed E-state index contributed by atoms with van der Waals surface area (Å²) in [4.78, 5) is 8.79. The van der Waals surface area contributed by atoms with Crippen LogP contribution in [0.3, 0.4) is 0 Å². The summed E-state index contributed by atoms with van der Waals surface area (Å²) in [7, 11) is 2.97. The highest BCUT2D eigenvalue weighted by Crippen LogP contribution is 2.37. The Balaban J connectivity index is 2.44. The first-order valence-corrected chi connectivity index (χ1v) is 6.97. The van der Waals surface area contributed by atoms with Gasteiger partial charge in [0.15, 0.2) is 0 Å². The van der Waals surface area contributed by atoms with E-state index in [-0.39, 0.29) is 11.8 Å². The summed E-state index contributed by atoms with van der Waals surface area (Å²) >= 11 is 12.6. The maximum atomic E-state index is 6.36. The van der Waals surface area contributed by atoms with Gasteiger partial charge in [-0.25, -0.2) is 9.97 Å². The average Bonchev–Trinajstić information content (AvgIpc) is 2.93. The predicted molar refractivity (Wildman–Crippen MR) is 82.3 cm³/mol. The number of rotatable bonds is 3. The fraction of sp³-hybridized carbons (Fsp3) is 0.231. The summed E-state index contributed by atoms with van der Waals surface area (Å²) < 4.78 is 12.1. The Bertz CT molecular complexity index is 865. The van der Waals surface area contributed by atoms with Crippen LogP contribution in [0.4, 0.5) is 0 Å². The van der Waals surface area contributed by atoms with Gasteiger partial charge in [0.1, 0.15) is 17.7 Å². The molecule has 0 saturated heterocycles. The number of hydrogen-bond acceptors (Lipinski definition) is 6. The molecule has 2 heterocycles. The Labute approximate surface area is 135 Å². The van der Waals surface area contributed by atoms with Gasteiger partial charge in [-0.15, -0.1) is 10.2 Å². The lowest BCUT2D eigenvalue weighted by atomic mass is 10.2. The number of fused-ring (bicyclic) bond motifs is 1. The Morgan fingerprint density at radius 3 is 2.36 bits per heavy atom. The molecule has 114 valence electrons. The molecule has 0 radical (unpaired) electrons. The smallest absolute Gasteiger partial charge is 0.278 e. The molecule has 0 saturated carbocycles. The second-order valence-electron chi connectivity index (χ2n) is 4.38. The van der Waals surface area contributed by atoms with Crippen LogP contribution in [-0.2, 0) is 0 Å². The van der Waals surface area contributed by atoms with Crippen molar-refractivity contribution in [1.29, 1.82) is 0 Å². The van der Waals surface area contributed by atoms with Gasteiger partial charge >= 0.3 is 0 Å². The van der Waals surface area contributed by atoms with E-state index in [0.717, 1.165) is 0 Å². The van der Waals surface area contributed by atoms with Crippen molar-refractivity contribution in [2.75, 3.05) is 14.2 Å². The second-order valence-corrected chi connectivity index (χ2v) is 5.16. The molecule has 0 aliphatic carbocycles. The monoisotopic (exact) mass is 339 g/mol. The molecule has 22 heavy (non-hydrogen) atoms. The lowest BCUT2D eigenvalue weighted by molar-refractivity contribution is 0.334. The predicted octanol–water partition coefficient (Wildman–Crippen LogP) is 2.84.